The van der Waals surface area contributed by atoms with Gasteiger partial charge >= 0.3 is 6.01 Å². The number of rotatable bonds is 4. The zero-order valence-electron chi connectivity index (χ0n) is 15.8. The van der Waals surface area contributed by atoms with Crippen molar-refractivity contribution in [1.82, 2.24) is 20.2 Å². The number of hydrogen-bond donors (Lipinski definition) is 1. The molecule has 0 saturated carbocycles. The van der Waals surface area contributed by atoms with Crippen LogP contribution in [0.4, 0.5) is 14.5 Å². The van der Waals surface area contributed by atoms with Crippen LogP contribution in [0.25, 0.3) is 22.3 Å². The van der Waals surface area contributed by atoms with Gasteiger partial charge in [-0.15, -0.1) is 0 Å². The Labute approximate surface area is 170 Å². The summed E-state index contributed by atoms with van der Waals surface area (Å²) in [7, 11) is 0. The van der Waals surface area contributed by atoms with Crippen molar-refractivity contribution in [2.75, 3.05) is 31.2 Å². The first-order chi connectivity index (χ1) is 14.7. The van der Waals surface area contributed by atoms with E-state index >= 15 is 0 Å². The maximum atomic E-state index is 13.8. The third-order valence-corrected chi connectivity index (χ3v) is 4.89. The van der Waals surface area contributed by atoms with Crippen molar-refractivity contribution in [3.05, 3.63) is 60.3 Å². The molecule has 152 valence electrons. The molecule has 0 unspecified atom stereocenters. The molecule has 0 spiro atoms. The van der Waals surface area contributed by atoms with E-state index in [2.05, 4.69) is 37.2 Å². The van der Waals surface area contributed by atoms with Crippen LogP contribution in [0.5, 0.6) is 11.8 Å². The highest BCUT2D eigenvalue weighted by Crippen LogP contribution is 2.30. The van der Waals surface area contributed by atoms with Crippen molar-refractivity contribution in [1.29, 1.82) is 0 Å². The van der Waals surface area contributed by atoms with E-state index in [-0.39, 0.29) is 11.8 Å². The summed E-state index contributed by atoms with van der Waals surface area (Å²) in [4.78, 5) is 10.7. The number of H-pyrrole nitrogens is 1. The quantitative estimate of drug-likeness (QED) is 0.551. The zero-order valence-corrected chi connectivity index (χ0v) is 15.8. The molecule has 30 heavy (non-hydrogen) atoms. The molecule has 5 rings (SSSR count). The van der Waals surface area contributed by atoms with Gasteiger partial charge in [0.15, 0.2) is 17.2 Å². The van der Waals surface area contributed by atoms with Crippen LogP contribution < -0.4 is 9.64 Å². The Morgan fingerprint density at radius 3 is 2.77 bits per heavy atom. The topological polar surface area (TPSA) is 76.2 Å². The lowest BCUT2D eigenvalue weighted by Gasteiger charge is -2.29. The fourth-order valence-electron chi connectivity index (χ4n) is 3.39. The van der Waals surface area contributed by atoms with Crippen LogP contribution in [-0.4, -0.2) is 46.5 Å². The average Bonchev–Trinajstić information content (AvgIpc) is 3.20. The standard InChI is InChI=1S/C21H17F2N5O2/c22-14-4-5-18(17(23)11-14)30-21-24-12-16-19(26-27-20(16)25-21)13-2-1-3-15(10-13)28-6-8-29-9-7-28/h1-5,10-12H,6-9H2,(H,24,25,26,27). The number of benzene rings is 2. The van der Waals surface area contributed by atoms with Gasteiger partial charge in [-0.2, -0.15) is 10.1 Å². The van der Waals surface area contributed by atoms with Crippen molar-refractivity contribution >= 4 is 16.7 Å². The highest BCUT2D eigenvalue weighted by atomic mass is 19.1. The van der Waals surface area contributed by atoms with Gasteiger partial charge in [-0.25, -0.2) is 13.8 Å². The maximum Gasteiger partial charge on any atom is 0.324 e. The van der Waals surface area contributed by atoms with Crippen molar-refractivity contribution in [3.63, 3.8) is 0 Å². The fourth-order valence-corrected chi connectivity index (χ4v) is 3.39. The summed E-state index contributed by atoms with van der Waals surface area (Å²) in [5, 5.41) is 7.96. The van der Waals surface area contributed by atoms with E-state index in [1.165, 1.54) is 6.07 Å². The highest BCUT2D eigenvalue weighted by Gasteiger charge is 2.16. The fraction of sp³-hybridized carbons (Fsp3) is 0.190. The Morgan fingerprint density at radius 1 is 1.07 bits per heavy atom. The van der Waals surface area contributed by atoms with E-state index in [9.17, 15) is 8.78 Å². The van der Waals surface area contributed by atoms with Crippen molar-refractivity contribution in [2.45, 2.75) is 0 Å². The van der Waals surface area contributed by atoms with E-state index in [1.54, 1.807) is 6.20 Å². The van der Waals surface area contributed by atoms with Gasteiger partial charge in [-0.1, -0.05) is 12.1 Å². The first kappa shape index (κ1) is 18.4. The Bertz CT molecular complexity index is 1210. The molecule has 7 nitrogen and oxygen atoms in total. The number of halogens is 2. The third kappa shape index (κ3) is 3.55. The van der Waals surface area contributed by atoms with Crippen LogP contribution >= 0.6 is 0 Å². The molecule has 1 N–H and O–H groups in total. The molecule has 3 heterocycles. The molecule has 1 saturated heterocycles. The number of fused-ring (bicyclic) bond motifs is 1. The van der Waals surface area contributed by atoms with Crippen LogP contribution in [0.3, 0.4) is 0 Å². The first-order valence-corrected chi connectivity index (χ1v) is 9.44. The Hall–Kier alpha value is -3.59. The summed E-state index contributed by atoms with van der Waals surface area (Å²) >= 11 is 0. The SMILES string of the molecule is Fc1ccc(Oc2ncc3c(-c4cccc(N5CCOCC5)c4)n[nH]c3n2)c(F)c1. The smallest absolute Gasteiger partial charge is 0.324 e. The van der Waals surface area contributed by atoms with E-state index in [0.29, 0.717) is 29.9 Å². The summed E-state index contributed by atoms with van der Waals surface area (Å²) in [6.45, 7) is 3.10. The molecule has 0 bridgehead atoms. The van der Waals surface area contributed by atoms with Gasteiger partial charge in [0.05, 0.1) is 18.6 Å². The first-order valence-electron chi connectivity index (χ1n) is 9.44. The van der Waals surface area contributed by atoms with Crippen LogP contribution in [-0.2, 0) is 4.74 Å². The second-order valence-corrected chi connectivity index (χ2v) is 6.81. The number of anilines is 1. The lowest BCUT2D eigenvalue weighted by molar-refractivity contribution is 0.122. The largest absolute Gasteiger partial charge is 0.421 e. The average molecular weight is 409 g/mol. The van der Waals surface area contributed by atoms with Crippen LogP contribution in [0.15, 0.2) is 48.7 Å². The Balaban J connectivity index is 1.44. The van der Waals surface area contributed by atoms with Crippen LogP contribution in [0, 0.1) is 11.6 Å². The molecule has 0 aliphatic carbocycles. The van der Waals surface area contributed by atoms with E-state index < -0.39 is 11.6 Å². The number of nitrogens with one attached hydrogen (secondary N) is 1. The molecule has 0 atom stereocenters. The van der Waals surface area contributed by atoms with E-state index in [0.717, 1.165) is 36.5 Å². The van der Waals surface area contributed by atoms with Crippen LogP contribution in [0.1, 0.15) is 0 Å². The molecule has 0 radical (unpaired) electrons. The number of aromatic nitrogens is 4. The second kappa shape index (κ2) is 7.68. The zero-order chi connectivity index (χ0) is 20.5. The van der Waals surface area contributed by atoms with Gasteiger partial charge in [0.1, 0.15) is 11.5 Å². The number of hydrogen-bond acceptors (Lipinski definition) is 6. The predicted octanol–water partition coefficient (Wildman–Crippen LogP) is 3.93. The molecule has 9 heteroatoms. The van der Waals surface area contributed by atoms with E-state index in [4.69, 9.17) is 9.47 Å². The van der Waals surface area contributed by atoms with Gasteiger partial charge in [0, 0.05) is 36.6 Å². The lowest BCUT2D eigenvalue weighted by Crippen LogP contribution is -2.36. The molecule has 4 aromatic rings. The normalized spacial score (nSPS) is 14.3. The van der Waals surface area contributed by atoms with Gasteiger partial charge < -0.3 is 14.4 Å². The number of aromatic amines is 1. The van der Waals surface area contributed by atoms with Gasteiger partial charge in [-0.05, 0) is 24.3 Å². The molecule has 0 amide bonds. The molecular weight excluding hydrogens is 392 g/mol. The minimum Gasteiger partial charge on any atom is -0.421 e. The third-order valence-electron chi connectivity index (χ3n) is 4.89. The van der Waals surface area contributed by atoms with Gasteiger partial charge in [-0.3, -0.25) is 5.10 Å². The molecule has 1 aliphatic rings. The monoisotopic (exact) mass is 409 g/mol. The van der Waals surface area contributed by atoms with Crippen molar-refractivity contribution < 1.29 is 18.3 Å². The summed E-state index contributed by atoms with van der Waals surface area (Å²) in [6, 6.07) is 11.0. The number of ether oxygens (including phenoxy) is 2. The number of nitrogens with zero attached hydrogens (tertiary/aromatic N) is 4. The molecule has 1 aliphatic heterocycles. The second-order valence-electron chi connectivity index (χ2n) is 6.81. The molecule has 2 aromatic carbocycles. The summed E-state index contributed by atoms with van der Waals surface area (Å²) in [6.07, 6.45) is 1.57. The highest BCUT2D eigenvalue weighted by molar-refractivity contribution is 5.90. The molecular formula is C21H17F2N5O2. The lowest BCUT2D eigenvalue weighted by atomic mass is 10.1. The summed E-state index contributed by atoms with van der Waals surface area (Å²) < 4.78 is 37.6. The Kier molecular flexibility index (Phi) is 4.72. The molecule has 2 aromatic heterocycles. The van der Waals surface area contributed by atoms with Crippen LogP contribution in [0.2, 0.25) is 0 Å². The van der Waals surface area contributed by atoms with Crippen molar-refractivity contribution in [3.8, 4) is 23.0 Å². The van der Waals surface area contributed by atoms with E-state index in [1.807, 2.05) is 12.1 Å². The van der Waals surface area contributed by atoms with Gasteiger partial charge in [0.25, 0.3) is 0 Å². The Morgan fingerprint density at radius 2 is 1.93 bits per heavy atom. The van der Waals surface area contributed by atoms with Crippen molar-refractivity contribution in [2.24, 2.45) is 0 Å². The predicted molar refractivity (Wildman–Crippen MR) is 107 cm³/mol. The minimum absolute atomic E-state index is 0.0646. The minimum atomic E-state index is -0.830. The maximum absolute atomic E-state index is 13.8. The summed E-state index contributed by atoms with van der Waals surface area (Å²) in [5.74, 6) is -1.67. The summed E-state index contributed by atoms with van der Waals surface area (Å²) in [5.41, 5.74) is 3.18. The molecule has 1 fully saturated rings. The number of morpholine rings is 1. The van der Waals surface area contributed by atoms with Gasteiger partial charge in [0.2, 0.25) is 0 Å².